The Hall–Kier alpha value is -1.85. The molecule has 1 aromatic carbocycles. The van der Waals surface area contributed by atoms with Gasteiger partial charge in [0.05, 0.1) is 30.5 Å². The zero-order chi connectivity index (χ0) is 31.3. The molecule has 44 heavy (non-hydrogen) atoms. The van der Waals surface area contributed by atoms with Crippen LogP contribution in [0, 0.1) is 16.7 Å². The normalized spacial score (nSPS) is 45.6. The highest BCUT2D eigenvalue weighted by Crippen LogP contribution is 2.67. The Bertz CT molecular complexity index is 1320. The van der Waals surface area contributed by atoms with E-state index in [9.17, 15) is 15.0 Å². The van der Waals surface area contributed by atoms with Gasteiger partial charge >= 0.3 is 5.97 Å². The van der Waals surface area contributed by atoms with Crippen LogP contribution in [0.15, 0.2) is 41.5 Å². The Morgan fingerprint density at radius 3 is 2.41 bits per heavy atom. The minimum atomic E-state index is -1.41. The summed E-state index contributed by atoms with van der Waals surface area (Å²) in [5.74, 6) is -2.01. The van der Waals surface area contributed by atoms with Crippen LogP contribution in [0.2, 0.25) is 0 Å². The van der Waals surface area contributed by atoms with Crippen LogP contribution < -0.4 is 0 Å². The van der Waals surface area contributed by atoms with Gasteiger partial charge in [0, 0.05) is 29.8 Å². The van der Waals surface area contributed by atoms with Gasteiger partial charge in [0.1, 0.15) is 17.8 Å². The summed E-state index contributed by atoms with van der Waals surface area (Å²) in [6.07, 6.45) is 0.287. The van der Waals surface area contributed by atoms with Gasteiger partial charge in [0.2, 0.25) is 0 Å². The quantitative estimate of drug-likeness (QED) is 0.370. The number of hydrogen-bond donors (Lipinski definition) is 2. The third kappa shape index (κ3) is 4.33. The maximum absolute atomic E-state index is 14.2. The van der Waals surface area contributed by atoms with Gasteiger partial charge in [-0.2, -0.15) is 0 Å². The van der Waals surface area contributed by atoms with E-state index in [0.29, 0.717) is 31.4 Å². The molecule has 3 aliphatic carbocycles. The van der Waals surface area contributed by atoms with E-state index >= 15 is 0 Å². The van der Waals surface area contributed by atoms with Crippen molar-refractivity contribution in [3.8, 4) is 0 Å². The van der Waals surface area contributed by atoms with Crippen LogP contribution in [0.5, 0.6) is 0 Å². The van der Waals surface area contributed by atoms with Crippen molar-refractivity contribution < 1.29 is 43.4 Å². The standard InChI is InChI=1S/C35H48O9/c1-20-22(36)18-35(44-30(37)21-12-8-7-9-13-21)29(41-24-14-10-11-17-39-24)27-33(6,16-15-23-34(27,38)19-40-23)28-26(25(20)31(35,2)3)42-32(4,5)43-28/h7-9,12-13,22-24,26-29,36,38H,10-11,14-19H2,1-6H3/t22-,23+,24?,26+,27-,28-,29-,33+,34-,35+/m0/s1. The predicted molar refractivity (Wildman–Crippen MR) is 160 cm³/mol. The van der Waals surface area contributed by atoms with Crippen LogP contribution in [0.3, 0.4) is 0 Å². The van der Waals surface area contributed by atoms with E-state index in [1.54, 1.807) is 24.3 Å². The van der Waals surface area contributed by atoms with Gasteiger partial charge in [-0.3, -0.25) is 0 Å². The number of carbonyl (C=O) groups excluding carboxylic acids is 1. The van der Waals surface area contributed by atoms with E-state index in [4.69, 9.17) is 28.4 Å². The largest absolute Gasteiger partial charge is 0.452 e. The molecule has 0 amide bonds. The first-order chi connectivity index (χ1) is 20.7. The predicted octanol–water partition coefficient (Wildman–Crippen LogP) is 4.68. The summed E-state index contributed by atoms with van der Waals surface area (Å²) in [5.41, 5.74) is -2.17. The molecule has 1 unspecified atom stereocenters. The number of benzene rings is 1. The number of esters is 1. The number of aliphatic hydroxyl groups excluding tert-OH is 1. The summed E-state index contributed by atoms with van der Waals surface area (Å²) in [5, 5.41) is 24.5. The van der Waals surface area contributed by atoms with Crippen molar-refractivity contribution >= 4 is 5.97 Å². The van der Waals surface area contributed by atoms with Crippen molar-refractivity contribution in [2.75, 3.05) is 13.2 Å². The number of rotatable bonds is 4. The Morgan fingerprint density at radius 1 is 1.00 bits per heavy atom. The third-order valence-electron chi connectivity index (χ3n) is 11.9. The van der Waals surface area contributed by atoms with Gasteiger partial charge in [-0.15, -0.1) is 0 Å². The molecule has 7 rings (SSSR count). The topological polar surface area (TPSA) is 113 Å². The Balaban J connectivity index is 1.49. The molecule has 3 aliphatic heterocycles. The van der Waals surface area contributed by atoms with Gasteiger partial charge in [0.15, 0.2) is 17.7 Å². The first-order valence-corrected chi connectivity index (χ1v) is 16.4. The Morgan fingerprint density at radius 2 is 1.75 bits per heavy atom. The summed E-state index contributed by atoms with van der Waals surface area (Å²) in [4.78, 5) is 14.2. The fourth-order valence-corrected chi connectivity index (χ4v) is 9.66. The van der Waals surface area contributed by atoms with Crippen molar-refractivity contribution in [2.24, 2.45) is 16.7 Å². The number of fused-ring (bicyclic) bond motifs is 8. The maximum Gasteiger partial charge on any atom is 0.338 e. The zero-order valence-electron chi connectivity index (χ0n) is 26.8. The Labute approximate surface area is 260 Å². The minimum Gasteiger partial charge on any atom is -0.452 e. The van der Waals surface area contributed by atoms with E-state index < -0.39 is 70.4 Å². The van der Waals surface area contributed by atoms with E-state index in [0.717, 1.165) is 24.0 Å². The molecule has 9 heteroatoms. The summed E-state index contributed by atoms with van der Waals surface area (Å²) in [6, 6.07) is 8.93. The fraction of sp³-hybridized carbons (Fsp3) is 0.743. The third-order valence-corrected chi connectivity index (χ3v) is 11.9. The van der Waals surface area contributed by atoms with Gasteiger partial charge in [-0.1, -0.05) is 39.0 Å². The molecular formula is C35H48O9. The average Bonchev–Trinajstić information content (AvgIpc) is 3.30. The molecule has 9 nitrogen and oxygen atoms in total. The smallest absolute Gasteiger partial charge is 0.338 e. The maximum atomic E-state index is 14.2. The van der Waals surface area contributed by atoms with E-state index in [2.05, 4.69) is 20.8 Å². The van der Waals surface area contributed by atoms with Crippen LogP contribution in [0.1, 0.15) is 90.4 Å². The molecule has 10 atom stereocenters. The Kier molecular flexibility index (Phi) is 7.22. The molecular weight excluding hydrogens is 564 g/mol. The van der Waals surface area contributed by atoms with Crippen LogP contribution in [-0.4, -0.2) is 83.2 Å². The lowest BCUT2D eigenvalue weighted by atomic mass is 9.45. The second-order valence-electron chi connectivity index (χ2n) is 15.2. The molecule has 2 N–H and O–H groups in total. The fourth-order valence-electron chi connectivity index (χ4n) is 9.66. The highest BCUT2D eigenvalue weighted by molar-refractivity contribution is 5.89. The first-order valence-electron chi connectivity index (χ1n) is 16.4. The SMILES string of the molecule is CC1=C2[C@H]3OC(C)(C)O[C@@H]3[C@]3(C)CC[C@H]4OC[C@@]4(O)[C@H]3[C@H](OC3CCCCO3)[C@](OC(=O)c3ccccc3)(C[C@@H]1O)C2(C)C. The molecule has 3 heterocycles. The van der Waals surface area contributed by atoms with Crippen LogP contribution >= 0.6 is 0 Å². The van der Waals surface area contributed by atoms with Gasteiger partial charge in [0.25, 0.3) is 0 Å². The molecule has 3 saturated heterocycles. The van der Waals surface area contributed by atoms with Crippen molar-refractivity contribution in [1.29, 1.82) is 0 Å². The molecule has 6 aliphatic rings. The summed E-state index contributed by atoms with van der Waals surface area (Å²) in [6.45, 7) is 12.8. The number of hydrogen-bond acceptors (Lipinski definition) is 9. The average molecular weight is 613 g/mol. The van der Waals surface area contributed by atoms with E-state index in [1.807, 2.05) is 26.8 Å². The van der Waals surface area contributed by atoms with Crippen LogP contribution in [0.25, 0.3) is 0 Å². The molecule has 2 bridgehead atoms. The lowest BCUT2D eigenvalue weighted by Gasteiger charge is -2.68. The van der Waals surface area contributed by atoms with Crippen molar-refractivity contribution in [3.63, 3.8) is 0 Å². The lowest BCUT2D eigenvalue weighted by molar-refractivity contribution is -0.363. The molecule has 1 aromatic rings. The van der Waals surface area contributed by atoms with Gasteiger partial charge in [-0.25, -0.2) is 4.79 Å². The molecule has 0 spiro atoms. The second kappa shape index (κ2) is 10.3. The van der Waals surface area contributed by atoms with Crippen molar-refractivity contribution in [3.05, 3.63) is 47.0 Å². The zero-order valence-corrected chi connectivity index (χ0v) is 26.8. The van der Waals surface area contributed by atoms with E-state index in [1.165, 1.54) is 0 Å². The van der Waals surface area contributed by atoms with Gasteiger partial charge < -0.3 is 38.6 Å². The first kappa shape index (κ1) is 30.8. The monoisotopic (exact) mass is 612 g/mol. The molecule has 2 saturated carbocycles. The molecule has 0 aromatic heterocycles. The number of ether oxygens (including phenoxy) is 6. The molecule has 5 fully saturated rings. The van der Waals surface area contributed by atoms with Crippen LogP contribution in [0.4, 0.5) is 0 Å². The molecule has 0 radical (unpaired) electrons. The van der Waals surface area contributed by atoms with Gasteiger partial charge in [-0.05, 0) is 76.2 Å². The second-order valence-corrected chi connectivity index (χ2v) is 15.2. The summed E-state index contributed by atoms with van der Waals surface area (Å²) < 4.78 is 39.7. The highest BCUT2D eigenvalue weighted by Gasteiger charge is 2.76. The van der Waals surface area contributed by atoms with Crippen LogP contribution in [-0.2, 0) is 28.4 Å². The number of carbonyl (C=O) groups is 1. The van der Waals surface area contributed by atoms with Crippen molar-refractivity contribution in [1.82, 2.24) is 0 Å². The minimum absolute atomic E-state index is 0.0983. The van der Waals surface area contributed by atoms with Crippen molar-refractivity contribution in [2.45, 2.75) is 134 Å². The summed E-state index contributed by atoms with van der Waals surface area (Å²) in [7, 11) is 0. The highest BCUT2D eigenvalue weighted by atomic mass is 16.8. The lowest BCUT2D eigenvalue weighted by Crippen LogP contribution is -2.79. The molecule has 242 valence electrons. The number of aliphatic hydroxyl groups is 2. The van der Waals surface area contributed by atoms with E-state index in [-0.39, 0.29) is 19.1 Å². The summed E-state index contributed by atoms with van der Waals surface area (Å²) >= 11 is 0.